The third-order valence-electron chi connectivity index (χ3n) is 3.05. The summed E-state index contributed by atoms with van der Waals surface area (Å²) < 4.78 is 11.0. The zero-order valence-corrected chi connectivity index (χ0v) is 13.4. The Kier molecular flexibility index (Phi) is 7.34. The number of aliphatic hydroxyl groups is 1. The van der Waals surface area contributed by atoms with Crippen molar-refractivity contribution >= 4 is 11.9 Å². The van der Waals surface area contributed by atoms with Crippen LogP contribution in [0.2, 0.25) is 0 Å². The van der Waals surface area contributed by atoms with E-state index in [1.54, 1.807) is 12.1 Å². The number of ether oxygens (including phenoxy) is 2. The van der Waals surface area contributed by atoms with Gasteiger partial charge >= 0.3 is 5.97 Å². The van der Waals surface area contributed by atoms with Crippen molar-refractivity contribution in [3.8, 4) is 11.5 Å². The first-order valence-corrected chi connectivity index (χ1v) is 7.44. The van der Waals surface area contributed by atoms with E-state index in [4.69, 9.17) is 14.6 Å². The van der Waals surface area contributed by atoms with Crippen molar-refractivity contribution in [3.05, 3.63) is 24.3 Å². The molecule has 128 valence electrons. The fourth-order valence-corrected chi connectivity index (χ4v) is 1.69. The first-order chi connectivity index (χ1) is 10.9. The number of hydrogen-bond donors (Lipinski definition) is 3. The fourth-order valence-electron chi connectivity index (χ4n) is 1.69. The molecule has 0 bridgehead atoms. The van der Waals surface area contributed by atoms with Gasteiger partial charge in [-0.25, -0.2) is 4.79 Å². The smallest absolute Gasteiger partial charge is 0.337 e. The van der Waals surface area contributed by atoms with Gasteiger partial charge in [0.25, 0.3) is 0 Å². The van der Waals surface area contributed by atoms with Crippen LogP contribution in [0, 0.1) is 0 Å². The largest absolute Gasteiger partial charge is 0.490 e. The summed E-state index contributed by atoms with van der Waals surface area (Å²) in [5.41, 5.74) is -1.97. The SMILES string of the molecule is CCOc1ccccc1OCCCC(=O)NCC(C)(O)C(=O)O. The molecule has 0 radical (unpaired) electrons. The number of carboxylic acid groups (broad SMARTS) is 1. The third-order valence-corrected chi connectivity index (χ3v) is 3.05. The number of para-hydroxylation sites is 2. The van der Waals surface area contributed by atoms with Crippen LogP contribution < -0.4 is 14.8 Å². The monoisotopic (exact) mass is 325 g/mol. The molecule has 1 unspecified atom stereocenters. The maximum absolute atomic E-state index is 11.6. The first-order valence-electron chi connectivity index (χ1n) is 7.44. The summed E-state index contributed by atoms with van der Waals surface area (Å²) >= 11 is 0. The van der Waals surface area contributed by atoms with Crippen LogP contribution >= 0.6 is 0 Å². The van der Waals surface area contributed by atoms with Gasteiger partial charge in [0.05, 0.1) is 19.8 Å². The van der Waals surface area contributed by atoms with Gasteiger partial charge in [-0.05, 0) is 32.4 Å². The van der Waals surface area contributed by atoms with E-state index in [1.165, 1.54) is 0 Å². The topological polar surface area (TPSA) is 105 Å². The molecule has 1 amide bonds. The first kappa shape index (κ1) is 18.8. The summed E-state index contributed by atoms with van der Waals surface area (Å²) in [5.74, 6) is -0.456. The normalized spacial score (nSPS) is 13.0. The van der Waals surface area contributed by atoms with E-state index in [0.29, 0.717) is 31.1 Å². The Morgan fingerprint density at radius 3 is 2.39 bits per heavy atom. The molecule has 1 aromatic rings. The molecule has 0 aromatic heterocycles. The molecule has 0 aliphatic carbocycles. The maximum atomic E-state index is 11.6. The Labute approximate surface area is 135 Å². The fraction of sp³-hybridized carbons (Fsp3) is 0.500. The van der Waals surface area contributed by atoms with Crippen LogP contribution in [0.25, 0.3) is 0 Å². The second-order valence-corrected chi connectivity index (χ2v) is 5.19. The minimum absolute atomic E-state index is 0.173. The van der Waals surface area contributed by atoms with Crippen molar-refractivity contribution < 1.29 is 29.3 Å². The molecule has 0 saturated heterocycles. The van der Waals surface area contributed by atoms with Gasteiger partial charge in [0.2, 0.25) is 5.91 Å². The molecule has 0 saturated carbocycles. The second-order valence-electron chi connectivity index (χ2n) is 5.19. The lowest BCUT2D eigenvalue weighted by molar-refractivity contribution is -0.156. The predicted molar refractivity (Wildman–Crippen MR) is 83.6 cm³/mol. The summed E-state index contributed by atoms with van der Waals surface area (Å²) in [5, 5.41) is 20.6. The predicted octanol–water partition coefficient (Wildman–Crippen LogP) is 1.20. The molecular weight excluding hydrogens is 302 g/mol. The van der Waals surface area contributed by atoms with E-state index in [1.807, 2.05) is 19.1 Å². The van der Waals surface area contributed by atoms with Crippen molar-refractivity contribution in [2.75, 3.05) is 19.8 Å². The number of nitrogens with one attached hydrogen (secondary N) is 1. The summed E-state index contributed by atoms with van der Waals surface area (Å²) in [4.78, 5) is 22.3. The number of carbonyl (C=O) groups is 2. The lowest BCUT2D eigenvalue weighted by atomic mass is 10.1. The van der Waals surface area contributed by atoms with Gasteiger partial charge in [0, 0.05) is 6.42 Å². The number of rotatable bonds is 10. The number of aliphatic carboxylic acids is 1. The number of hydrogen-bond acceptors (Lipinski definition) is 5. The second kappa shape index (κ2) is 8.99. The molecule has 3 N–H and O–H groups in total. The van der Waals surface area contributed by atoms with Crippen LogP contribution in [-0.4, -0.2) is 47.4 Å². The maximum Gasteiger partial charge on any atom is 0.337 e. The molecule has 0 spiro atoms. The zero-order valence-electron chi connectivity index (χ0n) is 13.4. The number of amides is 1. The summed E-state index contributed by atoms with van der Waals surface area (Å²) in [6, 6.07) is 7.27. The van der Waals surface area contributed by atoms with Gasteiger partial charge in [-0.15, -0.1) is 0 Å². The van der Waals surface area contributed by atoms with Gasteiger partial charge in [-0.2, -0.15) is 0 Å². The lowest BCUT2D eigenvalue weighted by Gasteiger charge is -2.18. The Hall–Kier alpha value is -2.28. The highest BCUT2D eigenvalue weighted by Crippen LogP contribution is 2.26. The van der Waals surface area contributed by atoms with Crippen molar-refractivity contribution in [1.82, 2.24) is 5.32 Å². The molecule has 0 aliphatic heterocycles. The molecule has 0 fully saturated rings. The molecular formula is C16H23NO6. The van der Waals surface area contributed by atoms with E-state index in [-0.39, 0.29) is 18.9 Å². The Morgan fingerprint density at radius 1 is 1.22 bits per heavy atom. The number of carbonyl (C=O) groups excluding carboxylic acids is 1. The van der Waals surface area contributed by atoms with Crippen LogP contribution in [0.4, 0.5) is 0 Å². The summed E-state index contributed by atoms with van der Waals surface area (Å²) in [7, 11) is 0. The highest BCUT2D eigenvalue weighted by atomic mass is 16.5. The molecule has 1 atom stereocenters. The number of benzene rings is 1. The Morgan fingerprint density at radius 2 is 1.83 bits per heavy atom. The van der Waals surface area contributed by atoms with Gasteiger partial charge in [-0.3, -0.25) is 4.79 Å². The van der Waals surface area contributed by atoms with Crippen LogP contribution in [0.1, 0.15) is 26.7 Å². The average Bonchev–Trinajstić information content (AvgIpc) is 2.51. The minimum atomic E-state index is -1.97. The average molecular weight is 325 g/mol. The standard InChI is InChI=1S/C16H23NO6/c1-3-22-12-7-4-5-8-13(12)23-10-6-9-14(18)17-11-16(2,21)15(19)20/h4-5,7-8,21H,3,6,9-11H2,1-2H3,(H,17,18)(H,19,20). The molecule has 23 heavy (non-hydrogen) atoms. The van der Waals surface area contributed by atoms with Crippen LogP contribution in [-0.2, 0) is 9.59 Å². The molecule has 1 rings (SSSR count). The molecule has 7 nitrogen and oxygen atoms in total. The van der Waals surface area contributed by atoms with E-state index in [0.717, 1.165) is 6.92 Å². The van der Waals surface area contributed by atoms with Gasteiger partial charge in [0.1, 0.15) is 0 Å². The van der Waals surface area contributed by atoms with Crippen LogP contribution in [0.3, 0.4) is 0 Å². The Balaban J connectivity index is 2.30. The summed E-state index contributed by atoms with van der Waals surface area (Å²) in [6.07, 6.45) is 0.633. The molecule has 0 aliphatic rings. The highest BCUT2D eigenvalue weighted by molar-refractivity contribution is 5.80. The van der Waals surface area contributed by atoms with Gasteiger partial charge in [0.15, 0.2) is 17.1 Å². The molecule has 1 aromatic carbocycles. The van der Waals surface area contributed by atoms with E-state index in [9.17, 15) is 14.7 Å². The van der Waals surface area contributed by atoms with Gasteiger partial charge < -0.3 is 25.0 Å². The highest BCUT2D eigenvalue weighted by Gasteiger charge is 2.30. The van der Waals surface area contributed by atoms with E-state index in [2.05, 4.69) is 5.32 Å². The zero-order chi connectivity index (χ0) is 17.3. The van der Waals surface area contributed by atoms with Crippen molar-refractivity contribution in [1.29, 1.82) is 0 Å². The van der Waals surface area contributed by atoms with Crippen molar-refractivity contribution in [3.63, 3.8) is 0 Å². The van der Waals surface area contributed by atoms with Crippen LogP contribution in [0.15, 0.2) is 24.3 Å². The lowest BCUT2D eigenvalue weighted by Crippen LogP contribution is -2.46. The van der Waals surface area contributed by atoms with Crippen LogP contribution in [0.5, 0.6) is 11.5 Å². The molecule has 7 heteroatoms. The van der Waals surface area contributed by atoms with Gasteiger partial charge in [-0.1, -0.05) is 12.1 Å². The number of carboxylic acids is 1. The van der Waals surface area contributed by atoms with E-state index < -0.39 is 11.6 Å². The molecule has 0 heterocycles. The van der Waals surface area contributed by atoms with Crippen molar-refractivity contribution in [2.45, 2.75) is 32.3 Å². The van der Waals surface area contributed by atoms with Crippen molar-refractivity contribution in [2.24, 2.45) is 0 Å². The summed E-state index contributed by atoms with van der Waals surface area (Å²) in [6.45, 7) is 3.53. The Bertz CT molecular complexity index is 529. The third kappa shape index (κ3) is 6.56. The quantitative estimate of drug-likeness (QED) is 0.558. The minimum Gasteiger partial charge on any atom is -0.490 e. The van der Waals surface area contributed by atoms with E-state index >= 15 is 0 Å².